The van der Waals surface area contributed by atoms with Crippen molar-refractivity contribution in [2.45, 2.75) is 6.92 Å². The van der Waals surface area contributed by atoms with Gasteiger partial charge in [-0.15, -0.1) is 11.6 Å². The molecule has 0 unspecified atom stereocenters. The van der Waals surface area contributed by atoms with Crippen LogP contribution in [-0.2, 0) is 0 Å². The van der Waals surface area contributed by atoms with Gasteiger partial charge in [-0.2, -0.15) is 0 Å². The van der Waals surface area contributed by atoms with Gasteiger partial charge in [0.05, 0.1) is 21.4 Å². The molecule has 0 aromatic heterocycles. The van der Waals surface area contributed by atoms with Crippen LogP contribution in [0.3, 0.4) is 0 Å². The van der Waals surface area contributed by atoms with Gasteiger partial charge < -0.3 is 0 Å². The minimum absolute atomic E-state index is 0.00287. The van der Waals surface area contributed by atoms with Gasteiger partial charge in [-0.25, -0.2) is 0 Å². The van der Waals surface area contributed by atoms with Gasteiger partial charge in [0, 0.05) is 6.07 Å². The second kappa shape index (κ2) is 4.59. The minimum atomic E-state index is -0.648. The number of hydrogen-bond donors (Lipinski definition) is 0. The molecule has 1 rings (SSSR count). The van der Waals surface area contributed by atoms with Crippen molar-refractivity contribution in [3.8, 4) is 0 Å². The Labute approximate surface area is 95.9 Å². The summed E-state index contributed by atoms with van der Waals surface area (Å²) in [6.45, 7) is 1.66. The standard InChI is InChI=1S/C9H7Cl2NO3/c1-5-2-6(9(13)4-10)8(12(14)15)3-7(5)11/h2-3H,4H2,1H3. The number of aryl methyl sites for hydroxylation is 1. The molecule has 1 aromatic carbocycles. The van der Waals surface area contributed by atoms with E-state index in [0.29, 0.717) is 5.56 Å². The Morgan fingerprint density at radius 1 is 1.53 bits per heavy atom. The largest absolute Gasteiger partial charge is 0.293 e. The van der Waals surface area contributed by atoms with Crippen molar-refractivity contribution in [2.24, 2.45) is 0 Å². The lowest BCUT2D eigenvalue weighted by Gasteiger charge is -2.03. The maximum atomic E-state index is 11.3. The van der Waals surface area contributed by atoms with E-state index in [0.717, 1.165) is 6.07 Å². The van der Waals surface area contributed by atoms with Crippen LogP contribution >= 0.6 is 23.2 Å². The second-order valence-electron chi connectivity index (χ2n) is 2.93. The van der Waals surface area contributed by atoms with E-state index >= 15 is 0 Å². The van der Waals surface area contributed by atoms with E-state index in [2.05, 4.69) is 0 Å². The Hall–Kier alpha value is -1.13. The second-order valence-corrected chi connectivity index (χ2v) is 3.61. The first-order valence-corrected chi connectivity index (χ1v) is 4.92. The summed E-state index contributed by atoms with van der Waals surface area (Å²) in [5, 5.41) is 10.9. The summed E-state index contributed by atoms with van der Waals surface area (Å²) in [4.78, 5) is 21.3. The minimum Gasteiger partial charge on any atom is -0.293 e. The molecular formula is C9H7Cl2NO3. The van der Waals surface area contributed by atoms with Crippen LogP contribution in [0.2, 0.25) is 5.02 Å². The van der Waals surface area contributed by atoms with Crippen molar-refractivity contribution in [3.05, 3.63) is 38.4 Å². The van der Waals surface area contributed by atoms with Crippen LogP contribution in [0.1, 0.15) is 15.9 Å². The van der Waals surface area contributed by atoms with Crippen molar-refractivity contribution in [1.29, 1.82) is 0 Å². The predicted molar refractivity (Wildman–Crippen MR) is 57.9 cm³/mol. The monoisotopic (exact) mass is 247 g/mol. The van der Waals surface area contributed by atoms with Crippen LogP contribution in [0.25, 0.3) is 0 Å². The highest BCUT2D eigenvalue weighted by Crippen LogP contribution is 2.27. The SMILES string of the molecule is Cc1cc(C(=O)CCl)c([N+](=O)[O-])cc1Cl. The molecule has 0 bridgehead atoms. The highest BCUT2D eigenvalue weighted by Gasteiger charge is 2.20. The van der Waals surface area contributed by atoms with Crippen molar-refractivity contribution in [1.82, 2.24) is 0 Å². The van der Waals surface area contributed by atoms with E-state index in [9.17, 15) is 14.9 Å². The zero-order valence-electron chi connectivity index (χ0n) is 7.79. The summed E-state index contributed by atoms with van der Waals surface area (Å²) in [6.07, 6.45) is 0. The maximum absolute atomic E-state index is 11.3. The summed E-state index contributed by atoms with van der Waals surface area (Å²) in [5.41, 5.74) is 0.295. The number of ketones is 1. The summed E-state index contributed by atoms with van der Waals surface area (Å²) in [5.74, 6) is -0.773. The fourth-order valence-electron chi connectivity index (χ4n) is 1.12. The highest BCUT2D eigenvalue weighted by molar-refractivity contribution is 6.33. The Balaban J connectivity index is 3.41. The third kappa shape index (κ3) is 2.46. The molecule has 80 valence electrons. The third-order valence-corrected chi connectivity index (χ3v) is 2.55. The first-order valence-electron chi connectivity index (χ1n) is 4.01. The maximum Gasteiger partial charge on any atom is 0.281 e. The molecule has 0 aliphatic heterocycles. The van der Waals surface area contributed by atoms with Gasteiger partial charge in [-0.3, -0.25) is 14.9 Å². The lowest BCUT2D eigenvalue weighted by atomic mass is 10.1. The van der Waals surface area contributed by atoms with Gasteiger partial charge in [-0.1, -0.05) is 11.6 Å². The lowest BCUT2D eigenvalue weighted by molar-refractivity contribution is -0.385. The van der Waals surface area contributed by atoms with Crippen molar-refractivity contribution >= 4 is 34.7 Å². The van der Waals surface area contributed by atoms with Gasteiger partial charge in [0.25, 0.3) is 5.69 Å². The number of alkyl halides is 1. The van der Waals surface area contributed by atoms with Gasteiger partial charge in [-0.05, 0) is 18.6 Å². The number of carbonyl (C=O) groups is 1. The summed E-state index contributed by atoms with van der Waals surface area (Å²) < 4.78 is 0. The molecular weight excluding hydrogens is 241 g/mol. The number of nitrogens with zero attached hydrogens (tertiary/aromatic N) is 1. The number of nitro benzene ring substituents is 1. The molecule has 4 nitrogen and oxygen atoms in total. The molecule has 0 saturated heterocycles. The van der Waals surface area contributed by atoms with Gasteiger partial charge >= 0.3 is 0 Å². The van der Waals surface area contributed by atoms with Crippen molar-refractivity contribution in [2.75, 3.05) is 5.88 Å². The number of benzene rings is 1. The summed E-state index contributed by atoms with van der Waals surface area (Å²) in [7, 11) is 0. The summed E-state index contributed by atoms with van der Waals surface area (Å²) in [6, 6.07) is 2.54. The van der Waals surface area contributed by atoms with Gasteiger partial charge in [0.15, 0.2) is 5.78 Å². The number of Topliss-reactive ketones (excluding diaryl/α,β-unsaturated/α-hetero) is 1. The molecule has 0 saturated carbocycles. The van der Waals surface area contributed by atoms with Gasteiger partial charge in [0.2, 0.25) is 0 Å². The van der Waals surface area contributed by atoms with Crippen LogP contribution in [0.5, 0.6) is 0 Å². The zero-order chi connectivity index (χ0) is 11.6. The Morgan fingerprint density at radius 2 is 2.13 bits per heavy atom. The number of carbonyl (C=O) groups excluding carboxylic acids is 1. The first kappa shape index (κ1) is 11.9. The molecule has 0 aliphatic carbocycles. The van der Waals surface area contributed by atoms with Crippen LogP contribution < -0.4 is 0 Å². The molecule has 0 aliphatic rings. The molecule has 0 fully saturated rings. The van der Waals surface area contributed by atoms with Crippen LogP contribution in [-0.4, -0.2) is 16.6 Å². The molecule has 0 radical (unpaired) electrons. The smallest absolute Gasteiger partial charge is 0.281 e. The first-order chi connectivity index (χ1) is 6.97. The number of halogens is 2. The van der Waals surface area contributed by atoms with E-state index in [1.54, 1.807) is 6.92 Å². The average Bonchev–Trinajstić information content (AvgIpc) is 2.20. The molecule has 0 heterocycles. The van der Waals surface area contributed by atoms with E-state index in [1.807, 2.05) is 0 Å². The molecule has 6 heteroatoms. The topological polar surface area (TPSA) is 60.2 Å². The lowest BCUT2D eigenvalue weighted by Crippen LogP contribution is -2.05. The van der Waals surface area contributed by atoms with E-state index in [4.69, 9.17) is 23.2 Å². The normalized spacial score (nSPS) is 10.1. The molecule has 0 spiro atoms. The molecule has 0 N–H and O–H groups in total. The Kier molecular flexibility index (Phi) is 3.66. The highest BCUT2D eigenvalue weighted by atomic mass is 35.5. The molecule has 0 amide bonds. The molecule has 0 atom stereocenters. The number of rotatable bonds is 3. The predicted octanol–water partition coefficient (Wildman–Crippen LogP) is 2.98. The summed E-state index contributed by atoms with van der Waals surface area (Å²) >= 11 is 11.1. The number of hydrogen-bond acceptors (Lipinski definition) is 3. The van der Waals surface area contributed by atoms with E-state index < -0.39 is 10.7 Å². The van der Waals surface area contributed by atoms with Crippen LogP contribution in [0, 0.1) is 17.0 Å². The zero-order valence-corrected chi connectivity index (χ0v) is 9.30. The van der Waals surface area contributed by atoms with Crippen LogP contribution in [0.15, 0.2) is 12.1 Å². The molecule has 1 aromatic rings. The van der Waals surface area contributed by atoms with Crippen molar-refractivity contribution in [3.63, 3.8) is 0 Å². The molecule has 15 heavy (non-hydrogen) atoms. The van der Waals surface area contributed by atoms with E-state index in [-0.39, 0.29) is 22.2 Å². The fourth-order valence-corrected chi connectivity index (χ4v) is 1.42. The van der Waals surface area contributed by atoms with Crippen LogP contribution in [0.4, 0.5) is 5.69 Å². The van der Waals surface area contributed by atoms with E-state index in [1.165, 1.54) is 6.07 Å². The van der Waals surface area contributed by atoms with Gasteiger partial charge in [0.1, 0.15) is 0 Å². The van der Waals surface area contributed by atoms with Crippen molar-refractivity contribution < 1.29 is 9.72 Å². The third-order valence-electron chi connectivity index (χ3n) is 1.90. The fraction of sp³-hybridized carbons (Fsp3) is 0.222. The average molecular weight is 248 g/mol. The quantitative estimate of drug-likeness (QED) is 0.357. The number of nitro groups is 1. The Bertz CT molecular complexity index is 432. The Morgan fingerprint density at radius 3 is 2.60 bits per heavy atom.